The number of hydrogen-bond donors (Lipinski definition) is 2. The van der Waals surface area contributed by atoms with Gasteiger partial charge in [-0.3, -0.25) is 9.59 Å². The molecule has 0 amide bonds. The highest BCUT2D eigenvalue weighted by Crippen LogP contribution is 2.02. The molecule has 0 fully saturated rings. The van der Waals surface area contributed by atoms with Crippen LogP contribution >= 0.6 is 0 Å². The molecule has 4 heteroatoms. The van der Waals surface area contributed by atoms with Gasteiger partial charge in [0.05, 0.1) is 0 Å². The van der Waals surface area contributed by atoms with Crippen LogP contribution in [-0.4, -0.2) is 22.2 Å². The summed E-state index contributed by atoms with van der Waals surface area (Å²) in [5.41, 5.74) is 0. The van der Waals surface area contributed by atoms with Gasteiger partial charge in [-0.25, -0.2) is 0 Å². The molecular weight excluding hydrogens is 152 g/mol. The van der Waals surface area contributed by atoms with Crippen molar-refractivity contribution in [2.75, 3.05) is 0 Å². The largest absolute Gasteiger partial charge is 0.481 e. The average molecular weight is 164 g/mol. The lowest BCUT2D eigenvalue weighted by Crippen LogP contribution is -1.96. The third kappa shape index (κ3) is 8.94. The Bertz CT molecular complexity index is 125. The van der Waals surface area contributed by atoms with Gasteiger partial charge in [0.1, 0.15) is 0 Å². The summed E-state index contributed by atoms with van der Waals surface area (Å²) < 4.78 is 0. The Kier molecular flexibility index (Phi) is 5.15. The molecule has 0 aromatic heterocycles. The van der Waals surface area contributed by atoms with Crippen molar-refractivity contribution >= 4 is 11.9 Å². The fourth-order valence-corrected chi connectivity index (χ4v) is 0.729. The SMILES string of the molecule is O=[14C](O)CCCCC[14C](=O)O. The van der Waals surface area contributed by atoms with Crippen LogP contribution in [0.3, 0.4) is 0 Å². The molecule has 0 aromatic carbocycles. The monoisotopic (exact) mass is 164 g/mol. The summed E-state index contributed by atoms with van der Waals surface area (Å²) in [6, 6.07) is 0. The van der Waals surface area contributed by atoms with E-state index >= 15 is 0 Å². The number of carbonyl (C=O) groups is 2. The maximum Gasteiger partial charge on any atom is 0.303 e. The molecule has 2 N–H and O–H groups in total. The van der Waals surface area contributed by atoms with Crippen LogP contribution < -0.4 is 0 Å². The van der Waals surface area contributed by atoms with E-state index in [-0.39, 0.29) is 12.8 Å². The standard InChI is InChI=1S/C7H12O4/c8-6(9)4-2-1-3-5-7(10)11/h1-5H2,(H,8,9)(H,10,11)/i6+2,7+2. The molecule has 0 saturated heterocycles. The molecule has 11 heavy (non-hydrogen) atoms. The predicted octanol–water partition coefficient (Wildman–Crippen LogP) is 1.11. The smallest absolute Gasteiger partial charge is 0.303 e. The van der Waals surface area contributed by atoms with Gasteiger partial charge in [-0.05, 0) is 12.8 Å². The van der Waals surface area contributed by atoms with Crippen molar-refractivity contribution in [1.82, 2.24) is 0 Å². The van der Waals surface area contributed by atoms with Gasteiger partial charge in [-0.2, -0.15) is 0 Å². The summed E-state index contributed by atoms with van der Waals surface area (Å²) in [5, 5.41) is 16.4. The van der Waals surface area contributed by atoms with Gasteiger partial charge in [0.25, 0.3) is 0 Å². The second-order valence-electron chi connectivity index (χ2n) is 2.35. The summed E-state index contributed by atoms with van der Waals surface area (Å²) >= 11 is 0. The molecule has 0 rings (SSSR count). The molecular formula is C7H12O4. The average Bonchev–Trinajstić information content (AvgIpc) is 1.85. The normalized spacial score (nSPS) is 9.45. The van der Waals surface area contributed by atoms with E-state index in [9.17, 15) is 9.59 Å². The molecule has 0 spiro atoms. The van der Waals surface area contributed by atoms with E-state index in [1.54, 1.807) is 0 Å². The van der Waals surface area contributed by atoms with E-state index in [4.69, 9.17) is 10.2 Å². The van der Waals surface area contributed by atoms with E-state index in [2.05, 4.69) is 0 Å². The lowest BCUT2D eigenvalue weighted by Gasteiger charge is -1.94. The van der Waals surface area contributed by atoms with Crippen molar-refractivity contribution in [3.63, 3.8) is 0 Å². The first-order valence-corrected chi connectivity index (χ1v) is 3.56. The molecule has 0 radical (unpaired) electrons. The summed E-state index contributed by atoms with van der Waals surface area (Å²) in [6.07, 6.45) is 2.10. The fourth-order valence-electron chi connectivity index (χ4n) is 0.729. The molecule has 4 nitrogen and oxygen atoms in total. The molecule has 0 aliphatic carbocycles. The molecule has 0 bridgehead atoms. The topological polar surface area (TPSA) is 74.6 Å². The van der Waals surface area contributed by atoms with Crippen molar-refractivity contribution in [1.29, 1.82) is 0 Å². The van der Waals surface area contributed by atoms with Crippen LogP contribution in [0.5, 0.6) is 0 Å². The number of unbranched alkanes of at least 4 members (excludes halogenated alkanes) is 2. The summed E-state index contributed by atoms with van der Waals surface area (Å²) in [7, 11) is 0. The lowest BCUT2D eigenvalue weighted by molar-refractivity contribution is -0.137. The number of rotatable bonds is 6. The summed E-state index contributed by atoms with van der Waals surface area (Å²) in [6.45, 7) is 0. The number of hydrogen-bond acceptors (Lipinski definition) is 2. The minimum absolute atomic E-state index is 0.139. The highest BCUT2D eigenvalue weighted by atomic mass is 16.6. The Morgan fingerprint density at radius 2 is 1.18 bits per heavy atom. The summed E-state index contributed by atoms with van der Waals surface area (Å²) in [5.74, 6) is -1.64. The predicted molar refractivity (Wildman–Crippen MR) is 38.4 cm³/mol. The van der Waals surface area contributed by atoms with Crippen LogP contribution in [0, 0.1) is 0 Å². The molecule has 0 aromatic rings. The van der Waals surface area contributed by atoms with Gasteiger partial charge >= 0.3 is 11.9 Å². The van der Waals surface area contributed by atoms with Crippen LogP contribution in [0.15, 0.2) is 0 Å². The Hall–Kier alpha value is -1.06. The quantitative estimate of drug-likeness (QED) is 0.576. The summed E-state index contributed by atoms with van der Waals surface area (Å²) in [4.78, 5) is 20.0. The molecule has 0 heterocycles. The van der Waals surface area contributed by atoms with Gasteiger partial charge in [0.2, 0.25) is 0 Å². The highest BCUT2D eigenvalue weighted by Gasteiger charge is 1.98. The van der Waals surface area contributed by atoms with Crippen LogP contribution in [0.2, 0.25) is 0 Å². The Morgan fingerprint density at radius 1 is 0.818 bits per heavy atom. The first-order chi connectivity index (χ1) is 5.13. The maximum atomic E-state index is 9.98. The molecule has 0 unspecified atom stereocenters. The van der Waals surface area contributed by atoms with Crippen LogP contribution in [0.4, 0.5) is 0 Å². The lowest BCUT2D eigenvalue weighted by atomic mass is 10.2. The van der Waals surface area contributed by atoms with Crippen molar-refractivity contribution in [2.24, 2.45) is 0 Å². The van der Waals surface area contributed by atoms with Crippen LogP contribution in [0.1, 0.15) is 32.1 Å². The van der Waals surface area contributed by atoms with Gasteiger partial charge < -0.3 is 10.2 Å². The second kappa shape index (κ2) is 5.70. The maximum absolute atomic E-state index is 9.98. The van der Waals surface area contributed by atoms with Crippen molar-refractivity contribution in [2.45, 2.75) is 32.1 Å². The van der Waals surface area contributed by atoms with E-state index in [0.29, 0.717) is 19.3 Å². The highest BCUT2D eigenvalue weighted by molar-refractivity contribution is 5.67. The van der Waals surface area contributed by atoms with Gasteiger partial charge in [-0.1, -0.05) is 6.42 Å². The fraction of sp³-hybridized carbons (Fsp3) is 0.714. The second-order valence-corrected chi connectivity index (χ2v) is 2.35. The molecule has 0 atom stereocenters. The molecule has 0 aliphatic heterocycles. The number of carboxylic acid groups (broad SMARTS) is 2. The number of aliphatic carboxylic acids is 2. The Balaban J connectivity index is 3.03. The third-order valence-electron chi connectivity index (χ3n) is 1.28. The van der Waals surface area contributed by atoms with E-state index in [1.165, 1.54) is 0 Å². The van der Waals surface area contributed by atoms with Crippen LogP contribution in [-0.2, 0) is 9.59 Å². The van der Waals surface area contributed by atoms with Gasteiger partial charge in [0.15, 0.2) is 0 Å². The zero-order chi connectivity index (χ0) is 8.69. The van der Waals surface area contributed by atoms with Crippen LogP contribution in [0.25, 0.3) is 0 Å². The first-order valence-electron chi connectivity index (χ1n) is 3.56. The van der Waals surface area contributed by atoms with E-state index < -0.39 is 11.9 Å². The molecule has 0 aliphatic rings. The van der Waals surface area contributed by atoms with E-state index in [0.717, 1.165) is 0 Å². The third-order valence-corrected chi connectivity index (χ3v) is 1.28. The minimum Gasteiger partial charge on any atom is -0.481 e. The number of carboxylic acids is 2. The molecule has 64 valence electrons. The van der Waals surface area contributed by atoms with Gasteiger partial charge in [0, 0.05) is 12.8 Å². The zero-order valence-corrected chi connectivity index (χ0v) is 6.25. The first kappa shape index (κ1) is 9.94. The minimum atomic E-state index is -0.819. The van der Waals surface area contributed by atoms with E-state index in [1.807, 2.05) is 0 Å². The van der Waals surface area contributed by atoms with Crippen molar-refractivity contribution in [3.05, 3.63) is 0 Å². The van der Waals surface area contributed by atoms with Crippen molar-refractivity contribution < 1.29 is 19.8 Å². The Labute approximate surface area is 64.8 Å². The van der Waals surface area contributed by atoms with Crippen molar-refractivity contribution in [3.8, 4) is 0 Å². The Morgan fingerprint density at radius 3 is 1.45 bits per heavy atom. The molecule has 0 saturated carbocycles. The zero-order valence-electron chi connectivity index (χ0n) is 6.25. The van der Waals surface area contributed by atoms with Gasteiger partial charge in [-0.15, -0.1) is 0 Å².